The van der Waals surface area contributed by atoms with Gasteiger partial charge in [-0.25, -0.2) is 4.79 Å². The smallest absolute Gasteiger partial charge is 0.406 e. The molecule has 5 heteroatoms. The van der Waals surface area contributed by atoms with Gasteiger partial charge in [-0.2, -0.15) is 0 Å². The predicted molar refractivity (Wildman–Crippen MR) is 58.3 cm³/mol. The van der Waals surface area contributed by atoms with Crippen LogP contribution >= 0.6 is 15.9 Å². The van der Waals surface area contributed by atoms with E-state index in [2.05, 4.69) is 41.4 Å². The fraction of sp³-hybridized carbons (Fsp3) is 0.889. The number of carbonyl (C=O) groups excluding carboxylic acids is 1. The molecule has 0 saturated heterocycles. The number of carbonyl (C=O) groups is 1. The van der Waals surface area contributed by atoms with Crippen LogP contribution < -0.4 is 5.73 Å². The van der Waals surface area contributed by atoms with E-state index in [1.807, 2.05) is 0 Å². The van der Waals surface area contributed by atoms with Crippen LogP contribution in [0.5, 0.6) is 0 Å². The largest absolute Gasteiger partial charge is 0.420 e. The van der Waals surface area contributed by atoms with Gasteiger partial charge in [-0.3, -0.25) is 0 Å². The molecule has 2 N–H and O–H groups in total. The van der Waals surface area contributed by atoms with Crippen LogP contribution in [0.15, 0.2) is 0 Å². The first-order chi connectivity index (χ1) is 6.27. The number of ether oxygens (including phenoxy) is 2. The molecule has 0 bridgehead atoms. The molecule has 0 radical (unpaired) electrons. The van der Waals surface area contributed by atoms with E-state index < -0.39 is 12.4 Å². The lowest BCUT2D eigenvalue weighted by molar-refractivity contribution is -0.144. The molecule has 0 fully saturated rings. The minimum Gasteiger partial charge on any atom is -0.420 e. The standard InChI is InChI=1S/C9H18BrNO3/c1-6(14-8(11)12)13-7(5-10)9(2,3)4/h6-7H,5H2,1-4H3,(H2,11,12). The van der Waals surface area contributed by atoms with Crippen molar-refractivity contribution in [2.75, 3.05) is 5.33 Å². The van der Waals surface area contributed by atoms with Gasteiger partial charge in [0.15, 0.2) is 0 Å². The molecule has 0 saturated carbocycles. The molecule has 0 aliphatic heterocycles. The molecule has 14 heavy (non-hydrogen) atoms. The van der Waals surface area contributed by atoms with Crippen molar-refractivity contribution in [1.29, 1.82) is 0 Å². The monoisotopic (exact) mass is 267 g/mol. The molecule has 2 atom stereocenters. The van der Waals surface area contributed by atoms with Gasteiger partial charge in [0.2, 0.25) is 6.29 Å². The summed E-state index contributed by atoms with van der Waals surface area (Å²) in [5, 5.41) is 0.683. The third-order valence-corrected chi connectivity index (χ3v) is 2.33. The van der Waals surface area contributed by atoms with E-state index in [1.54, 1.807) is 6.92 Å². The maximum absolute atomic E-state index is 10.4. The Bertz CT molecular complexity index is 191. The molecule has 0 aromatic rings. The molecule has 0 rings (SSSR count). The van der Waals surface area contributed by atoms with E-state index in [9.17, 15) is 4.79 Å². The third-order valence-electron chi connectivity index (χ3n) is 1.74. The van der Waals surface area contributed by atoms with Crippen LogP contribution in [0.25, 0.3) is 0 Å². The second kappa shape index (κ2) is 5.56. The summed E-state index contributed by atoms with van der Waals surface area (Å²) in [4.78, 5) is 10.4. The summed E-state index contributed by atoms with van der Waals surface area (Å²) in [7, 11) is 0. The van der Waals surface area contributed by atoms with Crippen LogP contribution in [0.4, 0.5) is 4.79 Å². The molecule has 4 nitrogen and oxygen atoms in total. The van der Waals surface area contributed by atoms with E-state index in [1.165, 1.54) is 0 Å². The van der Waals surface area contributed by atoms with Gasteiger partial charge >= 0.3 is 6.09 Å². The molecule has 0 aliphatic rings. The van der Waals surface area contributed by atoms with Crippen molar-refractivity contribution in [3.63, 3.8) is 0 Å². The van der Waals surface area contributed by atoms with Crippen molar-refractivity contribution in [3.05, 3.63) is 0 Å². The predicted octanol–water partition coefficient (Wildman–Crippen LogP) is 2.25. The van der Waals surface area contributed by atoms with Crippen LogP contribution in [-0.2, 0) is 9.47 Å². The van der Waals surface area contributed by atoms with E-state index >= 15 is 0 Å². The highest BCUT2D eigenvalue weighted by molar-refractivity contribution is 9.09. The Morgan fingerprint density at radius 1 is 1.50 bits per heavy atom. The molecule has 0 spiro atoms. The quantitative estimate of drug-likeness (QED) is 0.628. The van der Waals surface area contributed by atoms with Gasteiger partial charge in [0.05, 0.1) is 6.10 Å². The van der Waals surface area contributed by atoms with Crippen LogP contribution in [-0.4, -0.2) is 23.8 Å². The van der Waals surface area contributed by atoms with Crippen molar-refractivity contribution in [2.24, 2.45) is 11.1 Å². The summed E-state index contributed by atoms with van der Waals surface area (Å²) in [6, 6.07) is 0. The molecular weight excluding hydrogens is 250 g/mol. The van der Waals surface area contributed by atoms with Crippen molar-refractivity contribution in [3.8, 4) is 0 Å². The highest BCUT2D eigenvalue weighted by Gasteiger charge is 2.26. The van der Waals surface area contributed by atoms with Gasteiger partial charge in [0, 0.05) is 5.33 Å². The van der Waals surface area contributed by atoms with Gasteiger partial charge in [-0.15, -0.1) is 0 Å². The summed E-state index contributed by atoms with van der Waals surface area (Å²) in [5.41, 5.74) is 4.85. The number of halogens is 1. The minimum absolute atomic E-state index is 0.0151. The summed E-state index contributed by atoms with van der Waals surface area (Å²) in [5.74, 6) is 0. The molecular formula is C9H18BrNO3. The van der Waals surface area contributed by atoms with Crippen molar-refractivity contribution in [1.82, 2.24) is 0 Å². The molecule has 1 amide bonds. The fourth-order valence-electron chi connectivity index (χ4n) is 0.895. The Balaban J connectivity index is 4.12. The Labute approximate surface area is 93.3 Å². The maximum atomic E-state index is 10.4. The number of rotatable bonds is 4. The zero-order valence-electron chi connectivity index (χ0n) is 9.04. The summed E-state index contributed by atoms with van der Waals surface area (Å²) in [6.07, 6.45) is -1.47. The second-order valence-corrected chi connectivity index (χ2v) is 4.80. The summed E-state index contributed by atoms with van der Waals surface area (Å²) < 4.78 is 10.2. The van der Waals surface area contributed by atoms with Gasteiger partial charge in [-0.1, -0.05) is 36.7 Å². The van der Waals surface area contributed by atoms with E-state index in [-0.39, 0.29) is 11.5 Å². The van der Waals surface area contributed by atoms with E-state index in [0.29, 0.717) is 5.33 Å². The normalized spacial score (nSPS) is 16.1. The van der Waals surface area contributed by atoms with Gasteiger partial charge in [-0.05, 0) is 12.3 Å². The topological polar surface area (TPSA) is 61.5 Å². The average molecular weight is 268 g/mol. The lowest BCUT2D eigenvalue weighted by Gasteiger charge is -2.31. The van der Waals surface area contributed by atoms with Crippen molar-refractivity contribution >= 4 is 22.0 Å². The lowest BCUT2D eigenvalue weighted by atomic mass is 9.90. The third kappa shape index (κ3) is 5.44. The Hall–Kier alpha value is -0.290. The number of amides is 1. The highest BCUT2D eigenvalue weighted by Crippen LogP contribution is 2.25. The Morgan fingerprint density at radius 3 is 2.29 bits per heavy atom. The molecule has 0 aliphatic carbocycles. The number of hydrogen-bond donors (Lipinski definition) is 1. The molecule has 0 aromatic carbocycles. The Kier molecular flexibility index (Phi) is 5.44. The average Bonchev–Trinajstić information content (AvgIpc) is 1.96. The van der Waals surface area contributed by atoms with Gasteiger partial charge < -0.3 is 15.2 Å². The SMILES string of the molecule is CC(OC(N)=O)OC(CBr)C(C)(C)C. The number of hydrogen-bond acceptors (Lipinski definition) is 3. The van der Waals surface area contributed by atoms with Crippen LogP contribution in [0.1, 0.15) is 27.7 Å². The van der Waals surface area contributed by atoms with E-state index in [4.69, 9.17) is 10.5 Å². The number of primary amides is 1. The van der Waals surface area contributed by atoms with E-state index in [0.717, 1.165) is 0 Å². The number of alkyl halides is 1. The second-order valence-electron chi connectivity index (χ2n) is 4.15. The number of nitrogens with two attached hydrogens (primary N) is 1. The summed E-state index contributed by atoms with van der Waals surface area (Å²) in [6.45, 7) is 7.80. The van der Waals surface area contributed by atoms with Gasteiger partial charge in [0.25, 0.3) is 0 Å². The van der Waals surface area contributed by atoms with Crippen LogP contribution in [0.3, 0.4) is 0 Å². The molecule has 0 heterocycles. The van der Waals surface area contributed by atoms with Crippen molar-refractivity contribution in [2.45, 2.75) is 40.1 Å². The minimum atomic E-state index is -0.820. The van der Waals surface area contributed by atoms with Gasteiger partial charge in [0.1, 0.15) is 0 Å². The Morgan fingerprint density at radius 2 is 2.00 bits per heavy atom. The first-order valence-electron chi connectivity index (χ1n) is 4.45. The van der Waals surface area contributed by atoms with Crippen LogP contribution in [0.2, 0.25) is 0 Å². The highest BCUT2D eigenvalue weighted by atomic mass is 79.9. The first kappa shape index (κ1) is 13.7. The molecule has 84 valence electrons. The van der Waals surface area contributed by atoms with Crippen molar-refractivity contribution < 1.29 is 14.3 Å². The lowest BCUT2D eigenvalue weighted by Crippen LogP contribution is -2.36. The zero-order valence-corrected chi connectivity index (χ0v) is 10.6. The zero-order chi connectivity index (χ0) is 11.4. The molecule has 0 aromatic heterocycles. The van der Waals surface area contributed by atoms with Crippen LogP contribution in [0, 0.1) is 5.41 Å². The maximum Gasteiger partial charge on any atom is 0.406 e. The summed E-state index contributed by atoms with van der Waals surface area (Å²) >= 11 is 3.35. The first-order valence-corrected chi connectivity index (χ1v) is 5.57. The molecule has 2 unspecified atom stereocenters. The fourth-order valence-corrected chi connectivity index (χ4v) is 2.02.